The van der Waals surface area contributed by atoms with Crippen LogP contribution in [0.25, 0.3) is 0 Å². The molecule has 0 bridgehead atoms. The molecule has 0 spiro atoms. The summed E-state index contributed by atoms with van der Waals surface area (Å²) in [5.74, 6) is 0.267. The lowest BCUT2D eigenvalue weighted by atomic mass is 9.97. The van der Waals surface area contributed by atoms with E-state index in [1.807, 2.05) is 0 Å². The highest BCUT2D eigenvalue weighted by Crippen LogP contribution is 2.38. The van der Waals surface area contributed by atoms with E-state index in [-0.39, 0.29) is 5.92 Å². The average Bonchev–Trinajstić information content (AvgIpc) is 2.75. The number of hydrogen-bond acceptors (Lipinski definition) is 2. The Morgan fingerprint density at radius 3 is 2.79 bits per heavy atom. The Labute approximate surface area is 84.8 Å². The maximum Gasteiger partial charge on any atom is 0.141 e. The molecule has 80 valence electrons. The summed E-state index contributed by atoms with van der Waals surface area (Å²) in [6.45, 7) is 3.16. The minimum atomic E-state index is -0.900. The molecular weight excluding hydrogens is 179 g/mol. The van der Waals surface area contributed by atoms with Crippen molar-refractivity contribution in [3.8, 4) is 0 Å². The van der Waals surface area contributed by atoms with Crippen LogP contribution in [0, 0.1) is 5.92 Å². The number of likely N-dealkylation sites (tertiary alicyclic amines) is 1. The van der Waals surface area contributed by atoms with Crippen molar-refractivity contribution in [1.82, 2.24) is 10.2 Å². The van der Waals surface area contributed by atoms with Crippen LogP contribution in [0.4, 0.5) is 4.39 Å². The van der Waals surface area contributed by atoms with Crippen molar-refractivity contribution < 1.29 is 4.39 Å². The number of rotatable bonds is 1. The number of halogens is 1. The first-order valence-electron chi connectivity index (χ1n) is 5.92. The third-order valence-electron chi connectivity index (χ3n) is 4.30. The quantitative estimate of drug-likeness (QED) is 0.680. The second-order valence-electron chi connectivity index (χ2n) is 5.23. The first kappa shape index (κ1) is 9.10. The van der Waals surface area contributed by atoms with Gasteiger partial charge in [-0.25, -0.2) is 4.39 Å². The lowest BCUT2D eigenvalue weighted by Gasteiger charge is -2.24. The summed E-state index contributed by atoms with van der Waals surface area (Å²) in [6, 6.07) is 0.702. The lowest BCUT2D eigenvalue weighted by Crippen LogP contribution is -2.38. The minimum absolute atomic E-state index is 0.267. The molecule has 2 unspecified atom stereocenters. The first-order chi connectivity index (χ1) is 6.78. The van der Waals surface area contributed by atoms with Gasteiger partial charge in [0.25, 0.3) is 0 Å². The molecule has 0 aromatic rings. The molecule has 2 atom stereocenters. The number of alkyl halides is 1. The summed E-state index contributed by atoms with van der Waals surface area (Å²) < 4.78 is 14.3. The molecule has 2 saturated heterocycles. The maximum atomic E-state index is 14.3. The van der Waals surface area contributed by atoms with Gasteiger partial charge in [0.15, 0.2) is 0 Å². The van der Waals surface area contributed by atoms with E-state index in [0.29, 0.717) is 19.1 Å². The zero-order valence-corrected chi connectivity index (χ0v) is 8.64. The van der Waals surface area contributed by atoms with Gasteiger partial charge in [0, 0.05) is 38.1 Å². The van der Waals surface area contributed by atoms with Crippen LogP contribution in [-0.4, -0.2) is 42.8 Å². The van der Waals surface area contributed by atoms with Crippen molar-refractivity contribution in [2.24, 2.45) is 5.92 Å². The van der Waals surface area contributed by atoms with Gasteiger partial charge in [0.05, 0.1) is 0 Å². The highest BCUT2D eigenvalue weighted by molar-refractivity contribution is 5.05. The standard InChI is InChI=1S/C11H19FN2/c12-11-7-13-5-9(11)6-14(8-11)10-3-1-2-4-10/h9-10,13H,1-8H2. The van der Waals surface area contributed by atoms with Crippen LogP contribution in [-0.2, 0) is 0 Å². The predicted molar refractivity (Wildman–Crippen MR) is 54.0 cm³/mol. The molecule has 0 radical (unpaired) electrons. The third kappa shape index (κ3) is 1.29. The monoisotopic (exact) mass is 198 g/mol. The van der Waals surface area contributed by atoms with Crippen molar-refractivity contribution in [2.45, 2.75) is 37.4 Å². The molecule has 2 heterocycles. The van der Waals surface area contributed by atoms with E-state index in [2.05, 4.69) is 10.2 Å². The molecule has 2 aliphatic heterocycles. The fourth-order valence-corrected chi connectivity index (χ4v) is 3.43. The molecule has 1 N–H and O–H groups in total. The van der Waals surface area contributed by atoms with Gasteiger partial charge in [-0.15, -0.1) is 0 Å². The van der Waals surface area contributed by atoms with Gasteiger partial charge in [-0.3, -0.25) is 4.90 Å². The fourth-order valence-electron chi connectivity index (χ4n) is 3.43. The van der Waals surface area contributed by atoms with Crippen LogP contribution in [0.3, 0.4) is 0 Å². The molecule has 14 heavy (non-hydrogen) atoms. The molecule has 3 aliphatic rings. The van der Waals surface area contributed by atoms with Crippen LogP contribution >= 0.6 is 0 Å². The molecule has 3 rings (SSSR count). The molecule has 0 aromatic carbocycles. The smallest absolute Gasteiger partial charge is 0.141 e. The van der Waals surface area contributed by atoms with Crippen molar-refractivity contribution in [2.75, 3.05) is 26.2 Å². The molecule has 1 saturated carbocycles. The van der Waals surface area contributed by atoms with E-state index in [1.54, 1.807) is 0 Å². The summed E-state index contributed by atoms with van der Waals surface area (Å²) >= 11 is 0. The number of hydrogen-bond donors (Lipinski definition) is 1. The van der Waals surface area contributed by atoms with E-state index in [4.69, 9.17) is 0 Å². The maximum absolute atomic E-state index is 14.3. The van der Waals surface area contributed by atoms with Crippen LogP contribution in [0.5, 0.6) is 0 Å². The second kappa shape index (κ2) is 3.17. The van der Waals surface area contributed by atoms with Crippen molar-refractivity contribution in [1.29, 1.82) is 0 Å². The second-order valence-corrected chi connectivity index (χ2v) is 5.23. The summed E-state index contributed by atoms with van der Waals surface area (Å²) in [5.41, 5.74) is -0.900. The molecule has 3 heteroatoms. The summed E-state index contributed by atoms with van der Waals surface area (Å²) in [4.78, 5) is 2.42. The topological polar surface area (TPSA) is 15.3 Å². The van der Waals surface area contributed by atoms with Gasteiger partial charge in [-0.2, -0.15) is 0 Å². The van der Waals surface area contributed by atoms with Gasteiger partial charge in [0.2, 0.25) is 0 Å². The number of nitrogens with one attached hydrogen (secondary N) is 1. The molecular formula is C11H19FN2. The third-order valence-corrected chi connectivity index (χ3v) is 4.30. The Hall–Kier alpha value is -0.150. The largest absolute Gasteiger partial charge is 0.313 e. The molecule has 0 aromatic heterocycles. The van der Waals surface area contributed by atoms with E-state index in [9.17, 15) is 4.39 Å². The summed E-state index contributed by atoms with van der Waals surface area (Å²) in [5, 5.41) is 3.17. The highest BCUT2D eigenvalue weighted by Gasteiger charge is 2.51. The van der Waals surface area contributed by atoms with Crippen molar-refractivity contribution in [3.63, 3.8) is 0 Å². The summed E-state index contributed by atoms with van der Waals surface area (Å²) in [7, 11) is 0. The van der Waals surface area contributed by atoms with Crippen LogP contribution in [0.1, 0.15) is 25.7 Å². The fraction of sp³-hybridized carbons (Fsp3) is 1.00. The van der Waals surface area contributed by atoms with E-state index in [1.165, 1.54) is 25.7 Å². The molecule has 0 amide bonds. The zero-order chi connectivity index (χ0) is 9.60. The van der Waals surface area contributed by atoms with Gasteiger partial charge in [0.1, 0.15) is 5.67 Å². The molecule has 3 fully saturated rings. The van der Waals surface area contributed by atoms with Gasteiger partial charge >= 0.3 is 0 Å². The normalized spacial score (nSPS) is 44.8. The first-order valence-corrected chi connectivity index (χ1v) is 5.92. The Kier molecular flexibility index (Phi) is 2.06. The predicted octanol–water partition coefficient (Wildman–Crippen LogP) is 1.17. The van der Waals surface area contributed by atoms with E-state index < -0.39 is 5.67 Å². The lowest BCUT2D eigenvalue weighted by molar-refractivity contribution is 0.149. The van der Waals surface area contributed by atoms with Gasteiger partial charge in [-0.1, -0.05) is 12.8 Å². The SMILES string of the molecule is FC12CNCC1CN(C1CCCC1)C2. The van der Waals surface area contributed by atoms with Crippen molar-refractivity contribution in [3.05, 3.63) is 0 Å². The Balaban J connectivity index is 1.69. The van der Waals surface area contributed by atoms with Gasteiger partial charge < -0.3 is 5.32 Å². The Bertz CT molecular complexity index is 227. The van der Waals surface area contributed by atoms with Crippen molar-refractivity contribution >= 4 is 0 Å². The van der Waals surface area contributed by atoms with Crippen LogP contribution in [0.15, 0.2) is 0 Å². The summed E-state index contributed by atoms with van der Waals surface area (Å²) in [6.07, 6.45) is 5.30. The average molecular weight is 198 g/mol. The number of fused-ring (bicyclic) bond motifs is 1. The molecule has 1 aliphatic carbocycles. The van der Waals surface area contributed by atoms with Crippen LogP contribution in [0.2, 0.25) is 0 Å². The van der Waals surface area contributed by atoms with Gasteiger partial charge in [-0.05, 0) is 12.8 Å². The molecule has 2 nitrogen and oxygen atoms in total. The number of nitrogens with zero attached hydrogens (tertiary/aromatic N) is 1. The minimum Gasteiger partial charge on any atom is -0.313 e. The van der Waals surface area contributed by atoms with E-state index in [0.717, 1.165) is 13.1 Å². The van der Waals surface area contributed by atoms with E-state index >= 15 is 0 Å². The Morgan fingerprint density at radius 1 is 1.29 bits per heavy atom. The van der Waals surface area contributed by atoms with Crippen LogP contribution < -0.4 is 5.32 Å². The zero-order valence-electron chi connectivity index (χ0n) is 8.64. The highest BCUT2D eigenvalue weighted by atomic mass is 19.1. The Morgan fingerprint density at radius 2 is 2.07 bits per heavy atom.